The second-order valence-corrected chi connectivity index (χ2v) is 4.39. The molecule has 0 saturated carbocycles. The highest BCUT2D eigenvalue weighted by molar-refractivity contribution is 8.14. The molecule has 5 nitrogen and oxygen atoms in total. The fourth-order valence-corrected chi connectivity index (χ4v) is 2.15. The molecule has 2 N–H and O–H groups in total. The first-order valence-electron chi connectivity index (χ1n) is 4.99. The number of hydrazine groups is 1. The zero-order valence-corrected chi connectivity index (χ0v) is 9.22. The van der Waals surface area contributed by atoms with Gasteiger partial charge in [0.05, 0.1) is 6.54 Å². The van der Waals surface area contributed by atoms with Gasteiger partial charge in [-0.2, -0.15) is 0 Å². The Hall–Kier alpha value is -1.01. The number of urea groups is 1. The molecular formula is C9H14N4OS. The van der Waals surface area contributed by atoms with Crippen molar-refractivity contribution in [1.29, 1.82) is 0 Å². The summed E-state index contributed by atoms with van der Waals surface area (Å²) in [7, 11) is 0. The minimum Gasteiger partial charge on any atom is -0.286 e. The maximum Gasteiger partial charge on any atom is 0.335 e. The predicted octanol–water partition coefficient (Wildman–Crippen LogP) is 0.565. The average molecular weight is 226 g/mol. The molecule has 0 atom stereocenters. The largest absolute Gasteiger partial charge is 0.335 e. The molecule has 0 saturated heterocycles. The highest BCUT2D eigenvalue weighted by atomic mass is 32.2. The standard InChI is InChI=1S/C9H14N4OS/c14-8(11-9-10-4-7-15-9)12-13-5-2-1-3-6-13/h1-2H,3-7H2,(H2,10,11,12,14). The summed E-state index contributed by atoms with van der Waals surface area (Å²) >= 11 is 1.58. The monoisotopic (exact) mass is 226 g/mol. The molecule has 2 aliphatic heterocycles. The van der Waals surface area contributed by atoms with Crippen LogP contribution in [0.25, 0.3) is 0 Å². The van der Waals surface area contributed by atoms with Crippen LogP contribution in [0.15, 0.2) is 17.1 Å². The number of amides is 2. The van der Waals surface area contributed by atoms with E-state index in [9.17, 15) is 4.79 Å². The van der Waals surface area contributed by atoms with E-state index >= 15 is 0 Å². The molecule has 0 unspecified atom stereocenters. The van der Waals surface area contributed by atoms with Crippen LogP contribution in [-0.2, 0) is 0 Å². The molecule has 0 spiro atoms. The molecule has 2 heterocycles. The predicted molar refractivity (Wildman–Crippen MR) is 61.8 cm³/mol. The number of thioether (sulfide) groups is 1. The van der Waals surface area contributed by atoms with E-state index in [1.54, 1.807) is 11.8 Å². The minimum absolute atomic E-state index is 0.196. The van der Waals surface area contributed by atoms with Gasteiger partial charge in [0.25, 0.3) is 0 Å². The number of hydrogen-bond donors (Lipinski definition) is 2. The van der Waals surface area contributed by atoms with Crippen molar-refractivity contribution >= 4 is 23.0 Å². The van der Waals surface area contributed by atoms with E-state index in [1.165, 1.54) is 0 Å². The van der Waals surface area contributed by atoms with E-state index in [1.807, 2.05) is 11.1 Å². The maximum atomic E-state index is 11.5. The summed E-state index contributed by atoms with van der Waals surface area (Å²) in [4.78, 5) is 15.6. The van der Waals surface area contributed by atoms with Gasteiger partial charge in [0, 0.05) is 18.8 Å². The number of aliphatic imine (C=N–C) groups is 1. The Labute approximate surface area is 93.0 Å². The van der Waals surface area contributed by atoms with Crippen LogP contribution in [0.1, 0.15) is 6.42 Å². The molecule has 2 amide bonds. The highest BCUT2D eigenvalue weighted by Crippen LogP contribution is 2.08. The van der Waals surface area contributed by atoms with Gasteiger partial charge in [-0.25, -0.2) is 9.80 Å². The molecular weight excluding hydrogens is 212 g/mol. The zero-order chi connectivity index (χ0) is 10.5. The number of rotatable bonds is 1. The fraction of sp³-hybridized carbons (Fsp3) is 0.556. The van der Waals surface area contributed by atoms with Gasteiger partial charge in [-0.3, -0.25) is 15.7 Å². The van der Waals surface area contributed by atoms with E-state index in [0.717, 1.165) is 37.0 Å². The van der Waals surface area contributed by atoms with Gasteiger partial charge in [-0.05, 0) is 6.42 Å². The van der Waals surface area contributed by atoms with Crippen LogP contribution in [0.3, 0.4) is 0 Å². The quantitative estimate of drug-likeness (QED) is 0.643. The topological polar surface area (TPSA) is 56.7 Å². The lowest BCUT2D eigenvalue weighted by Gasteiger charge is -2.23. The van der Waals surface area contributed by atoms with Crippen molar-refractivity contribution in [3.8, 4) is 0 Å². The Morgan fingerprint density at radius 2 is 2.47 bits per heavy atom. The van der Waals surface area contributed by atoms with Crippen LogP contribution in [0.5, 0.6) is 0 Å². The summed E-state index contributed by atoms with van der Waals surface area (Å²) in [5, 5.41) is 5.33. The van der Waals surface area contributed by atoms with Crippen LogP contribution in [0.4, 0.5) is 4.79 Å². The van der Waals surface area contributed by atoms with Gasteiger partial charge in [-0.1, -0.05) is 23.9 Å². The van der Waals surface area contributed by atoms with Crippen LogP contribution in [0, 0.1) is 0 Å². The molecule has 2 rings (SSSR count). The van der Waals surface area contributed by atoms with Crippen LogP contribution < -0.4 is 10.7 Å². The van der Waals surface area contributed by atoms with E-state index in [-0.39, 0.29) is 6.03 Å². The number of nitrogens with zero attached hydrogens (tertiary/aromatic N) is 2. The lowest BCUT2D eigenvalue weighted by Crippen LogP contribution is -2.49. The molecule has 0 radical (unpaired) electrons. The average Bonchev–Trinajstić information content (AvgIpc) is 2.71. The normalized spacial score (nSPS) is 21.2. The van der Waals surface area contributed by atoms with Crippen molar-refractivity contribution in [2.75, 3.05) is 25.4 Å². The van der Waals surface area contributed by atoms with Crippen LogP contribution >= 0.6 is 11.8 Å². The highest BCUT2D eigenvalue weighted by Gasteiger charge is 2.13. The molecule has 82 valence electrons. The van der Waals surface area contributed by atoms with E-state index in [4.69, 9.17) is 0 Å². The van der Waals surface area contributed by atoms with E-state index < -0.39 is 0 Å². The molecule has 2 aliphatic rings. The number of hydrogen-bond acceptors (Lipinski definition) is 4. The Bertz CT molecular complexity index is 302. The number of nitrogens with one attached hydrogen (secondary N) is 2. The smallest absolute Gasteiger partial charge is 0.286 e. The number of carbonyl (C=O) groups is 1. The van der Waals surface area contributed by atoms with Crippen LogP contribution in [0.2, 0.25) is 0 Å². The van der Waals surface area contributed by atoms with Gasteiger partial charge in [0.15, 0.2) is 5.17 Å². The van der Waals surface area contributed by atoms with Gasteiger partial charge < -0.3 is 0 Å². The van der Waals surface area contributed by atoms with Gasteiger partial charge in [-0.15, -0.1) is 0 Å². The SMILES string of the molecule is O=C(NC1=NCCS1)NN1CC=CCC1. The van der Waals surface area contributed by atoms with Crippen LogP contribution in [-0.4, -0.2) is 41.6 Å². The first kappa shape index (κ1) is 10.5. The van der Waals surface area contributed by atoms with Gasteiger partial charge >= 0.3 is 6.03 Å². The van der Waals surface area contributed by atoms with Crippen molar-refractivity contribution in [3.05, 3.63) is 12.2 Å². The zero-order valence-electron chi connectivity index (χ0n) is 8.40. The van der Waals surface area contributed by atoms with Crippen molar-refractivity contribution in [2.45, 2.75) is 6.42 Å². The Balaban J connectivity index is 1.74. The third-order valence-electron chi connectivity index (χ3n) is 2.12. The molecule has 0 aromatic rings. The number of amidine groups is 1. The molecule has 0 fully saturated rings. The summed E-state index contributed by atoms with van der Waals surface area (Å²) < 4.78 is 0. The van der Waals surface area contributed by atoms with Crippen molar-refractivity contribution in [3.63, 3.8) is 0 Å². The van der Waals surface area contributed by atoms with Crippen molar-refractivity contribution in [2.24, 2.45) is 4.99 Å². The third kappa shape index (κ3) is 3.24. The summed E-state index contributed by atoms with van der Waals surface area (Å²) in [6.07, 6.45) is 5.15. The van der Waals surface area contributed by atoms with Gasteiger partial charge in [0.2, 0.25) is 0 Å². The summed E-state index contributed by atoms with van der Waals surface area (Å²) in [6.45, 7) is 2.43. The number of carbonyl (C=O) groups excluding carboxylic acids is 1. The maximum absolute atomic E-state index is 11.5. The third-order valence-corrected chi connectivity index (χ3v) is 3.02. The second-order valence-electron chi connectivity index (χ2n) is 3.31. The van der Waals surface area contributed by atoms with Gasteiger partial charge in [0.1, 0.15) is 0 Å². The molecule has 6 heteroatoms. The second kappa shape index (κ2) is 5.18. The Kier molecular flexibility index (Phi) is 3.63. The first-order valence-corrected chi connectivity index (χ1v) is 5.98. The molecule has 0 aromatic heterocycles. The van der Waals surface area contributed by atoms with E-state index in [2.05, 4.69) is 21.8 Å². The van der Waals surface area contributed by atoms with Crippen molar-refractivity contribution < 1.29 is 4.79 Å². The molecule has 0 aliphatic carbocycles. The summed E-state index contributed by atoms with van der Waals surface area (Å²) in [5.41, 5.74) is 2.78. The van der Waals surface area contributed by atoms with Crippen molar-refractivity contribution in [1.82, 2.24) is 15.8 Å². The lowest BCUT2D eigenvalue weighted by molar-refractivity contribution is 0.189. The lowest BCUT2D eigenvalue weighted by atomic mass is 10.3. The minimum atomic E-state index is -0.196. The molecule has 15 heavy (non-hydrogen) atoms. The summed E-state index contributed by atoms with van der Waals surface area (Å²) in [5.74, 6) is 0.960. The summed E-state index contributed by atoms with van der Waals surface area (Å²) in [6, 6.07) is -0.196. The van der Waals surface area contributed by atoms with E-state index in [0.29, 0.717) is 0 Å². The molecule has 0 bridgehead atoms. The fourth-order valence-electron chi connectivity index (χ4n) is 1.42. The first-order chi connectivity index (χ1) is 7.34. The Morgan fingerprint density at radius 3 is 3.13 bits per heavy atom. The molecule has 0 aromatic carbocycles. The Morgan fingerprint density at radius 1 is 1.53 bits per heavy atom.